The zero-order chi connectivity index (χ0) is 76.0. The number of aliphatic hydroxyl groups is 8. The predicted octanol–water partition coefficient (Wildman–Crippen LogP) is -2.84. The molecule has 51 heteroatoms. The molecule has 45 nitrogen and oxygen atoms in total. The second-order valence-corrected chi connectivity index (χ2v) is 34.8. The van der Waals surface area contributed by atoms with Gasteiger partial charge in [-0.2, -0.15) is 15.0 Å². The van der Waals surface area contributed by atoms with Gasteiger partial charge in [-0.05, 0) is 54.1 Å². The minimum absolute atomic E-state index is 0. The number of aliphatic imine (C=N–C) groups is 1. The molecule has 8 heterocycles. The van der Waals surface area contributed by atoms with Gasteiger partial charge in [0.1, 0.15) is 102 Å². The Bertz CT molecular complexity index is 3740. The van der Waals surface area contributed by atoms with Crippen molar-refractivity contribution in [3.05, 3.63) is 88.9 Å². The van der Waals surface area contributed by atoms with Gasteiger partial charge in [0.25, 0.3) is 0 Å². The number of phosphoric acid groups is 4. The normalized spacial score (nSPS) is 27.3. The number of carbonyl (C=O) groups is 1. The summed E-state index contributed by atoms with van der Waals surface area (Å²) in [4.78, 5) is 133. The number of phosphoric ester groups is 4. The molecule has 16 atom stereocenters. The number of aryl methyl sites for hydroxylation is 1. The molecule has 590 valence electrons. The average molecular weight is 1690 g/mol. The number of aliphatic hydroxyl groups excluding tert-OH is 8. The van der Waals surface area contributed by atoms with E-state index in [2.05, 4.69) is 83.8 Å². The Labute approximate surface area is 602 Å². The van der Waals surface area contributed by atoms with Gasteiger partial charge < -0.3 is 131 Å². The van der Waals surface area contributed by atoms with Crippen molar-refractivity contribution in [1.29, 1.82) is 0 Å². The first-order valence-corrected chi connectivity index (χ1v) is 39.2. The molecule has 5 aliphatic rings. The Morgan fingerprint density at radius 2 is 0.922 bits per heavy atom. The summed E-state index contributed by atoms with van der Waals surface area (Å²) < 4.78 is 90.9. The fourth-order valence-electron chi connectivity index (χ4n) is 9.08. The van der Waals surface area contributed by atoms with Gasteiger partial charge >= 0.3 is 48.4 Å². The van der Waals surface area contributed by atoms with Crippen LogP contribution in [0.1, 0.15) is 93.1 Å². The van der Waals surface area contributed by atoms with Crippen LogP contribution in [0.15, 0.2) is 62.1 Å². The largest absolute Gasteiger partial charge is 0.469 e. The van der Waals surface area contributed by atoms with E-state index in [1.54, 1.807) is 13.1 Å². The summed E-state index contributed by atoms with van der Waals surface area (Å²) in [5.41, 5.74) is 15.9. The Morgan fingerprint density at radius 1 is 0.592 bits per heavy atom. The number of hydrogen-bond donors (Lipinski definition) is 20. The SMILES string of the molecule is C.C.C.C=C1N=C(NC(C)=O)C(CC)=CN1C1O[C@H](COP(=O)(O)O)[C@@H](O)[C@H]1O.CC(C)(C)[Si](C)(C)OCc1cn(C2O[C@H](COP(=O)(O)O)[C@@H](O)[C@H]2O)c(=O)nc1N.Cc1cn(C2O[C@H](COP(=O)(O)O)[C@@H](O)[C@H]2O)c(=O)nc1N.Nc1nc(=O)n(C2O[C@H](COP(=O)(O)O)[C@@H](O)[C@H]2O)cc1I. The number of carbonyl (C=O) groups excluding carboxylic acids is 1. The lowest BCUT2D eigenvalue weighted by Crippen LogP contribution is -2.43. The van der Waals surface area contributed by atoms with Gasteiger partial charge in [-0.3, -0.25) is 36.6 Å². The maximum Gasteiger partial charge on any atom is 0.469 e. The van der Waals surface area contributed by atoms with E-state index >= 15 is 0 Å². The van der Waals surface area contributed by atoms with Crippen molar-refractivity contribution in [2.24, 2.45) is 4.99 Å². The van der Waals surface area contributed by atoms with Crippen molar-refractivity contribution in [2.45, 2.75) is 193 Å². The van der Waals surface area contributed by atoms with Crippen molar-refractivity contribution in [2.75, 3.05) is 43.6 Å². The molecule has 5 aliphatic heterocycles. The topological polar surface area (TPSA) is 702 Å². The van der Waals surface area contributed by atoms with Gasteiger partial charge in [0.05, 0.1) is 36.6 Å². The lowest BCUT2D eigenvalue weighted by molar-refractivity contribution is -0.117. The fourth-order valence-corrected chi connectivity index (χ4v) is 11.8. The summed E-state index contributed by atoms with van der Waals surface area (Å²) in [6.45, 7) is 16.3. The molecule has 0 spiro atoms. The third kappa shape index (κ3) is 26.0. The second-order valence-electron chi connectivity index (χ2n) is 23.9. The molecule has 4 unspecified atom stereocenters. The van der Waals surface area contributed by atoms with Crippen molar-refractivity contribution in [3.8, 4) is 0 Å². The highest BCUT2D eigenvalue weighted by Gasteiger charge is 2.50. The molecule has 103 heavy (non-hydrogen) atoms. The number of anilines is 3. The number of nitrogens with one attached hydrogen (secondary N) is 1. The first-order valence-electron chi connectivity index (χ1n) is 29.1. The van der Waals surface area contributed by atoms with Gasteiger partial charge in [0, 0.05) is 48.4 Å². The van der Waals surface area contributed by atoms with Crippen molar-refractivity contribution >= 4 is 91.4 Å². The molecule has 0 radical (unpaired) electrons. The Hall–Kier alpha value is -4.67. The smallest absolute Gasteiger partial charge is 0.412 e. The van der Waals surface area contributed by atoms with E-state index in [1.165, 1.54) is 30.4 Å². The number of nitrogen functional groups attached to an aromatic ring is 3. The molecule has 8 rings (SSSR count). The van der Waals surface area contributed by atoms with Gasteiger partial charge in [-0.15, -0.1) is 0 Å². The maximum atomic E-state index is 12.3. The third-order valence-corrected chi connectivity index (χ3v) is 22.7. The molecule has 1 amide bonds. The highest BCUT2D eigenvalue weighted by molar-refractivity contribution is 14.1. The van der Waals surface area contributed by atoms with E-state index in [1.807, 2.05) is 29.5 Å². The zero-order valence-electron chi connectivity index (χ0n) is 54.1. The predicted molar refractivity (Wildman–Crippen MR) is 369 cm³/mol. The Kier molecular flexibility index (Phi) is 34.8. The molecular formula is C52H93IN12O33P4Si. The van der Waals surface area contributed by atoms with Gasteiger partial charge in [-0.25, -0.2) is 37.6 Å². The van der Waals surface area contributed by atoms with Gasteiger partial charge in [-0.1, -0.05) is 56.6 Å². The van der Waals surface area contributed by atoms with E-state index in [0.29, 0.717) is 32.5 Å². The van der Waals surface area contributed by atoms with Crippen molar-refractivity contribution in [3.63, 3.8) is 0 Å². The number of nitrogens with zero attached hydrogens (tertiary/aromatic N) is 8. The van der Waals surface area contributed by atoms with E-state index in [0.717, 1.165) is 13.7 Å². The lowest BCUT2D eigenvalue weighted by atomic mass is 10.1. The molecule has 3 aromatic rings. The first kappa shape index (κ1) is 94.4. The quantitative estimate of drug-likeness (QED) is 0.0308. The van der Waals surface area contributed by atoms with E-state index in [9.17, 15) is 78.3 Å². The second kappa shape index (κ2) is 37.9. The average Bonchev–Trinajstić information content (AvgIpc) is 1.69. The summed E-state index contributed by atoms with van der Waals surface area (Å²) >= 11 is 1.82. The summed E-state index contributed by atoms with van der Waals surface area (Å²) in [5, 5.41) is 82.8. The minimum Gasteiger partial charge on any atom is -0.412 e. The number of rotatable bonds is 20. The molecule has 4 saturated heterocycles. The summed E-state index contributed by atoms with van der Waals surface area (Å²) in [6, 6.07) is 0. The standard InChI is InChI=1S/C16H30N3O9PSi.C14H22N3O8P.C10H16N3O8P.C9H13IN3O8P.3CH4/c1-16(2,3)30(4,5)27-7-9-6-19(15(22)18-13(9)17)14-12(21)11(20)10(28-14)8-26-29(23,24)25;1-4-9-5-17(7(2)15-13(9)16-8(3)18)14-12(20)11(19)10(25-14)6-24-26(21,22)23;1-4-2-13(10(16)12-8(4)11)9-7(15)6(14)5(21-9)3-20-22(17,18)19;10-3-1-13(9(16)12-7(3)11)8-6(15)5(14)4(21-8)2-20-22(17,18)19;;;/h6,10-12,14,20-21H,7-8H2,1-5H3,(H2,17,18,22)(H2,23,24,25);5,10-12,14,19-20H,2,4,6H2,1,3H3,(H,15,16,18)(H2,21,22,23);2,5-7,9,14-15H,3H2,1H3,(H2,11,12,16)(H2,17,18,19);1,4-6,8,14-15H,2H2,(H2,11,12,16)(H2,17,18,19);3*1H4/t2*10-,11-,12-,14?;5-,6-,7-,9?;4-,5-,6-,8?;;;/m1111.../s1. The molecule has 3 aromatic heterocycles. The molecule has 4 fully saturated rings. The Balaban J connectivity index is 0.000000466. The molecule has 0 aliphatic carbocycles. The van der Waals surface area contributed by atoms with Gasteiger partial charge in [0.15, 0.2) is 33.2 Å². The summed E-state index contributed by atoms with van der Waals surface area (Å²) in [7, 11) is -21.2. The molecule has 0 bridgehead atoms. The van der Waals surface area contributed by atoms with E-state index in [-0.39, 0.29) is 63.1 Å². The van der Waals surface area contributed by atoms with Crippen LogP contribution in [-0.4, -0.2) is 240 Å². The molecule has 0 aromatic carbocycles. The lowest BCUT2D eigenvalue weighted by Gasteiger charge is -2.36. The monoisotopic (exact) mass is 1690 g/mol. The van der Waals surface area contributed by atoms with Crippen LogP contribution in [0.3, 0.4) is 0 Å². The third-order valence-electron chi connectivity index (χ3n) is 15.5. The van der Waals surface area contributed by atoms with Crippen LogP contribution in [0.25, 0.3) is 0 Å². The number of hydrogen-bond acceptors (Lipinski definition) is 33. The summed E-state index contributed by atoms with van der Waals surface area (Å²) in [6.07, 6.45) is -15.8. The van der Waals surface area contributed by atoms with Crippen molar-refractivity contribution in [1.82, 2.24) is 38.9 Å². The number of amides is 1. The molecule has 0 saturated carbocycles. The number of ether oxygens (including phenoxy) is 4. The van der Waals surface area contributed by atoms with Crippen LogP contribution in [0.2, 0.25) is 18.1 Å². The maximum absolute atomic E-state index is 12.3. The summed E-state index contributed by atoms with van der Waals surface area (Å²) in [5.74, 6) is 0.192. The highest BCUT2D eigenvalue weighted by atomic mass is 127. The van der Waals surface area contributed by atoms with Crippen LogP contribution in [0, 0.1) is 10.5 Å². The Morgan fingerprint density at radius 3 is 1.27 bits per heavy atom. The van der Waals surface area contributed by atoms with Gasteiger partial charge in [0.2, 0.25) is 5.91 Å². The first-order chi connectivity index (χ1) is 45.8. The number of nitrogens with two attached hydrogens (primary N) is 3. The molecular weight excluding hydrogens is 1600 g/mol. The zero-order valence-corrected chi connectivity index (χ0v) is 60.8. The number of aromatic nitrogens is 6. The van der Waals surface area contributed by atoms with Crippen LogP contribution >= 0.6 is 53.9 Å². The van der Waals surface area contributed by atoms with Crippen LogP contribution in [0.5, 0.6) is 0 Å². The minimum atomic E-state index is -4.80. The van der Waals surface area contributed by atoms with Crippen LogP contribution in [0.4, 0.5) is 17.5 Å². The van der Waals surface area contributed by atoms with E-state index < -0.39 is 181 Å². The number of halogens is 1. The fraction of sp³-hybridized carbons (Fsp3) is 0.654. The molecule has 23 N–H and O–H groups in total. The van der Waals surface area contributed by atoms with Crippen LogP contribution < -0.4 is 39.6 Å². The van der Waals surface area contributed by atoms with Crippen LogP contribution in [-0.2, 0) is 71.1 Å². The van der Waals surface area contributed by atoms with Crippen molar-refractivity contribution < 1.29 is 145 Å². The van der Waals surface area contributed by atoms with E-state index in [4.69, 9.17) is 79.7 Å². The number of amidine groups is 1. The highest BCUT2D eigenvalue weighted by Crippen LogP contribution is 2.43.